The third kappa shape index (κ3) is 4.73. The molecule has 0 saturated heterocycles. The van der Waals surface area contributed by atoms with Crippen molar-refractivity contribution >= 4 is 11.7 Å². The van der Waals surface area contributed by atoms with E-state index in [9.17, 15) is 19.8 Å². The van der Waals surface area contributed by atoms with E-state index >= 15 is 0 Å². The van der Waals surface area contributed by atoms with Gasteiger partial charge in [0.25, 0.3) is 11.5 Å². The van der Waals surface area contributed by atoms with Crippen LogP contribution in [-0.2, 0) is 6.54 Å². The van der Waals surface area contributed by atoms with Gasteiger partial charge in [0.15, 0.2) is 0 Å². The number of nitrogens with zero attached hydrogens (tertiary/aromatic N) is 1. The highest BCUT2D eigenvalue weighted by Crippen LogP contribution is 2.16. The molecule has 0 aliphatic carbocycles. The van der Waals surface area contributed by atoms with Crippen molar-refractivity contribution in [2.45, 2.75) is 19.6 Å². The summed E-state index contributed by atoms with van der Waals surface area (Å²) in [6.45, 7) is 5.40. The molecule has 7 nitrogen and oxygen atoms in total. The second kappa shape index (κ2) is 8.35. The molecule has 0 spiro atoms. The lowest BCUT2D eigenvalue weighted by molar-refractivity contribution is 0.0961. The van der Waals surface area contributed by atoms with Crippen molar-refractivity contribution in [2.24, 2.45) is 0 Å². The van der Waals surface area contributed by atoms with Crippen molar-refractivity contribution in [3.05, 3.63) is 70.2 Å². The Morgan fingerprint density at radius 1 is 1.38 bits per heavy atom. The summed E-state index contributed by atoms with van der Waals surface area (Å²) in [6, 6.07) is 8.38. The fraction of sp³-hybridized carbons (Fsp3) is 0.263. The number of carbonyl (C=O) groups is 1. The SMILES string of the molecule is C=C(O)c1cc(C(=O)NC)c(=O)n(Cc2cccc(OC[C@H](C)O)c2)c1. The monoisotopic (exact) mass is 358 g/mol. The van der Waals surface area contributed by atoms with Gasteiger partial charge < -0.3 is 24.8 Å². The Morgan fingerprint density at radius 3 is 2.73 bits per heavy atom. The number of carbonyl (C=O) groups excluding carboxylic acids is 1. The third-order valence-electron chi connectivity index (χ3n) is 3.63. The number of hydrogen-bond acceptors (Lipinski definition) is 5. The number of rotatable bonds is 7. The van der Waals surface area contributed by atoms with E-state index in [4.69, 9.17) is 4.74 Å². The summed E-state index contributed by atoms with van der Waals surface area (Å²) in [5.74, 6) is -0.218. The lowest BCUT2D eigenvalue weighted by Crippen LogP contribution is -2.31. The molecule has 0 bridgehead atoms. The van der Waals surface area contributed by atoms with Crippen LogP contribution >= 0.6 is 0 Å². The minimum absolute atomic E-state index is 0.0818. The molecule has 138 valence electrons. The number of aromatic nitrogens is 1. The van der Waals surface area contributed by atoms with Crippen molar-refractivity contribution < 1.29 is 19.7 Å². The van der Waals surface area contributed by atoms with Gasteiger partial charge in [-0.05, 0) is 30.7 Å². The average molecular weight is 358 g/mol. The Hall–Kier alpha value is -3.06. The van der Waals surface area contributed by atoms with Gasteiger partial charge >= 0.3 is 0 Å². The minimum Gasteiger partial charge on any atom is -0.508 e. The van der Waals surface area contributed by atoms with Crippen molar-refractivity contribution in [2.75, 3.05) is 13.7 Å². The van der Waals surface area contributed by atoms with E-state index in [0.29, 0.717) is 5.75 Å². The first kappa shape index (κ1) is 19.3. The molecule has 0 saturated carbocycles. The first-order chi connectivity index (χ1) is 12.3. The maximum atomic E-state index is 12.6. The van der Waals surface area contributed by atoms with Crippen LogP contribution in [0.3, 0.4) is 0 Å². The summed E-state index contributed by atoms with van der Waals surface area (Å²) >= 11 is 0. The van der Waals surface area contributed by atoms with Gasteiger partial charge in [0.1, 0.15) is 23.7 Å². The summed E-state index contributed by atoms with van der Waals surface area (Å²) in [5.41, 5.74) is 0.481. The number of benzene rings is 1. The van der Waals surface area contributed by atoms with Gasteiger partial charge in [0.05, 0.1) is 12.6 Å². The summed E-state index contributed by atoms with van der Waals surface area (Å²) in [4.78, 5) is 24.5. The Morgan fingerprint density at radius 2 is 2.12 bits per heavy atom. The molecule has 1 amide bonds. The van der Waals surface area contributed by atoms with Gasteiger partial charge in [-0.3, -0.25) is 9.59 Å². The number of hydrogen-bond donors (Lipinski definition) is 3. The van der Waals surface area contributed by atoms with Crippen molar-refractivity contribution in [1.82, 2.24) is 9.88 Å². The van der Waals surface area contributed by atoms with Gasteiger partial charge in [-0.15, -0.1) is 0 Å². The topological polar surface area (TPSA) is 101 Å². The lowest BCUT2D eigenvalue weighted by Gasteiger charge is -2.13. The average Bonchev–Trinajstić information content (AvgIpc) is 2.61. The second-order valence-corrected chi connectivity index (χ2v) is 5.91. The number of ether oxygens (including phenoxy) is 1. The molecule has 1 heterocycles. The number of aliphatic hydroxyl groups excluding tert-OH is 2. The van der Waals surface area contributed by atoms with Gasteiger partial charge in [-0.1, -0.05) is 18.7 Å². The first-order valence-corrected chi connectivity index (χ1v) is 8.06. The van der Waals surface area contributed by atoms with E-state index in [1.807, 2.05) is 6.07 Å². The van der Waals surface area contributed by atoms with E-state index in [1.165, 1.54) is 23.9 Å². The lowest BCUT2D eigenvalue weighted by atomic mass is 10.1. The molecule has 2 aromatic rings. The number of amides is 1. The van der Waals surface area contributed by atoms with Crippen LogP contribution in [-0.4, -0.2) is 40.4 Å². The summed E-state index contributed by atoms with van der Waals surface area (Å²) in [6.07, 6.45) is 0.851. The van der Waals surface area contributed by atoms with Crippen LogP contribution in [0.15, 0.2) is 47.9 Å². The van der Waals surface area contributed by atoms with Crippen LogP contribution in [0.5, 0.6) is 5.75 Å². The highest BCUT2D eigenvalue weighted by Gasteiger charge is 2.14. The molecule has 1 aromatic heterocycles. The van der Waals surface area contributed by atoms with Crippen LogP contribution in [0, 0.1) is 0 Å². The zero-order valence-corrected chi connectivity index (χ0v) is 14.7. The fourth-order valence-corrected chi connectivity index (χ4v) is 2.36. The summed E-state index contributed by atoms with van der Waals surface area (Å²) in [5, 5.41) is 21.4. The minimum atomic E-state index is -0.594. The number of aliphatic hydroxyl groups is 2. The molecule has 2 rings (SSSR count). The molecule has 0 radical (unpaired) electrons. The van der Waals surface area contributed by atoms with E-state index in [1.54, 1.807) is 25.1 Å². The van der Waals surface area contributed by atoms with Gasteiger partial charge in [-0.25, -0.2) is 0 Å². The van der Waals surface area contributed by atoms with Crippen LogP contribution in [0.4, 0.5) is 0 Å². The molecule has 0 aliphatic rings. The van der Waals surface area contributed by atoms with Crippen molar-refractivity contribution in [3.8, 4) is 5.75 Å². The van der Waals surface area contributed by atoms with Crippen molar-refractivity contribution in [3.63, 3.8) is 0 Å². The first-order valence-electron chi connectivity index (χ1n) is 8.06. The molecular formula is C19H22N2O5. The van der Waals surface area contributed by atoms with E-state index in [0.717, 1.165) is 5.56 Å². The van der Waals surface area contributed by atoms with Crippen LogP contribution in [0.25, 0.3) is 5.76 Å². The number of pyridine rings is 1. The third-order valence-corrected chi connectivity index (χ3v) is 3.63. The predicted octanol–water partition coefficient (Wildman–Crippen LogP) is 1.54. The molecule has 0 fully saturated rings. The maximum absolute atomic E-state index is 12.6. The normalized spacial score (nSPS) is 11.7. The second-order valence-electron chi connectivity index (χ2n) is 5.91. The predicted molar refractivity (Wildman–Crippen MR) is 98.5 cm³/mol. The van der Waals surface area contributed by atoms with E-state index in [2.05, 4.69) is 11.9 Å². The molecule has 1 atom stereocenters. The highest BCUT2D eigenvalue weighted by atomic mass is 16.5. The molecule has 0 aliphatic heterocycles. The molecule has 3 N–H and O–H groups in total. The maximum Gasteiger partial charge on any atom is 0.263 e. The van der Waals surface area contributed by atoms with Crippen LogP contribution < -0.4 is 15.6 Å². The molecular weight excluding hydrogens is 336 g/mol. The summed E-state index contributed by atoms with van der Waals surface area (Å²) in [7, 11) is 1.43. The fourth-order valence-electron chi connectivity index (χ4n) is 2.36. The van der Waals surface area contributed by atoms with Gasteiger partial charge in [0, 0.05) is 18.8 Å². The largest absolute Gasteiger partial charge is 0.508 e. The Kier molecular flexibility index (Phi) is 6.19. The standard InChI is InChI=1S/C19H22N2O5/c1-12(22)11-26-16-6-4-5-14(7-16)9-21-10-15(13(2)23)8-17(19(21)25)18(24)20-3/h4-8,10,12,22-23H,2,9,11H2,1,3H3,(H,20,24)/t12-/m0/s1. The highest BCUT2D eigenvalue weighted by molar-refractivity contribution is 5.94. The molecule has 7 heteroatoms. The Bertz CT molecular complexity index is 870. The van der Waals surface area contributed by atoms with Crippen LogP contribution in [0.2, 0.25) is 0 Å². The zero-order chi connectivity index (χ0) is 19.3. The molecule has 1 aromatic carbocycles. The van der Waals surface area contributed by atoms with E-state index in [-0.39, 0.29) is 30.0 Å². The molecule has 0 unspecified atom stereocenters. The number of nitrogens with one attached hydrogen (secondary N) is 1. The smallest absolute Gasteiger partial charge is 0.263 e. The van der Waals surface area contributed by atoms with Gasteiger partial charge in [0.2, 0.25) is 0 Å². The van der Waals surface area contributed by atoms with Crippen LogP contribution in [0.1, 0.15) is 28.4 Å². The van der Waals surface area contributed by atoms with E-state index < -0.39 is 17.6 Å². The zero-order valence-electron chi connectivity index (χ0n) is 14.7. The summed E-state index contributed by atoms with van der Waals surface area (Å²) < 4.78 is 6.79. The Labute approximate surface area is 151 Å². The molecule has 26 heavy (non-hydrogen) atoms. The Balaban J connectivity index is 2.38. The quantitative estimate of drug-likeness (QED) is 0.652. The van der Waals surface area contributed by atoms with Gasteiger partial charge in [-0.2, -0.15) is 0 Å². The van der Waals surface area contributed by atoms with Crippen molar-refractivity contribution in [1.29, 1.82) is 0 Å².